The van der Waals surface area contributed by atoms with E-state index in [1.54, 1.807) is 0 Å². The summed E-state index contributed by atoms with van der Waals surface area (Å²) < 4.78 is 4.90. The number of para-hydroxylation sites is 2. The molecule has 0 saturated carbocycles. The normalized spacial score (nSPS) is 11.5. The van der Waals surface area contributed by atoms with Gasteiger partial charge in [0.25, 0.3) is 0 Å². The molecule has 13 rings (SSSR count). The highest BCUT2D eigenvalue weighted by Crippen LogP contribution is 2.45. The van der Waals surface area contributed by atoms with Crippen molar-refractivity contribution >= 4 is 43.6 Å². The van der Waals surface area contributed by atoms with Crippen LogP contribution in [0.15, 0.2) is 249 Å². The van der Waals surface area contributed by atoms with Crippen molar-refractivity contribution in [1.82, 2.24) is 24.1 Å². The van der Waals surface area contributed by atoms with Gasteiger partial charge in [-0.1, -0.05) is 200 Å². The van der Waals surface area contributed by atoms with Crippen molar-refractivity contribution in [3.63, 3.8) is 0 Å². The van der Waals surface area contributed by atoms with Gasteiger partial charge < -0.3 is 9.13 Å². The maximum absolute atomic E-state index is 5.35. The minimum Gasteiger partial charge on any atom is -0.309 e. The quantitative estimate of drug-likeness (QED) is 0.153. The highest BCUT2D eigenvalue weighted by Gasteiger charge is 2.25. The van der Waals surface area contributed by atoms with Gasteiger partial charge in [-0.3, -0.25) is 0 Å². The van der Waals surface area contributed by atoms with E-state index >= 15 is 0 Å². The number of aromatic nitrogens is 5. The molecule has 0 spiro atoms. The molecular weight excluding hydrogens is 827 g/mol. The van der Waals surface area contributed by atoms with Gasteiger partial charge in [-0.2, -0.15) is 0 Å². The number of benzene rings is 10. The number of hydrogen-bond donors (Lipinski definition) is 0. The Labute approximate surface area is 393 Å². The minimum atomic E-state index is 0.582. The smallest absolute Gasteiger partial charge is 0.164 e. The Morgan fingerprint density at radius 1 is 0.221 bits per heavy atom. The van der Waals surface area contributed by atoms with Crippen LogP contribution in [0.4, 0.5) is 0 Å². The molecule has 13 aromatic rings. The van der Waals surface area contributed by atoms with Crippen LogP contribution in [0, 0.1) is 0 Å². The van der Waals surface area contributed by atoms with Crippen molar-refractivity contribution < 1.29 is 0 Å². The third-order valence-corrected chi connectivity index (χ3v) is 13.2. The summed E-state index contributed by atoms with van der Waals surface area (Å²) >= 11 is 0. The summed E-state index contributed by atoms with van der Waals surface area (Å²) in [6, 6.07) is 88.4. The lowest BCUT2D eigenvalue weighted by molar-refractivity contribution is 1.07. The van der Waals surface area contributed by atoms with Crippen LogP contribution in [-0.2, 0) is 0 Å². The molecule has 0 N–H and O–H groups in total. The first-order valence-electron chi connectivity index (χ1n) is 23.0. The van der Waals surface area contributed by atoms with Crippen LogP contribution in [0.2, 0.25) is 0 Å². The van der Waals surface area contributed by atoms with E-state index in [9.17, 15) is 0 Å². The third-order valence-electron chi connectivity index (χ3n) is 13.2. The van der Waals surface area contributed by atoms with E-state index in [2.05, 4.69) is 221 Å². The van der Waals surface area contributed by atoms with Crippen molar-refractivity contribution in [2.24, 2.45) is 0 Å². The van der Waals surface area contributed by atoms with Crippen molar-refractivity contribution in [3.05, 3.63) is 249 Å². The van der Waals surface area contributed by atoms with Gasteiger partial charge in [-0.05, 0) is 76.3 Å². The lowest BCUT2D eigenvalue weighted by atomic mass is 9.97. The standard InChI is InChI=1S/C63H41N5/c1-6-20-42(21-7-1)47-34-36-56-52(38-47)50-30-16-18-32-54(50)67(56)58-40-49(63-65-61(45-26-12-4-13-27-45)64-62(66-63)46-28-14-5-15-29-46)41-59(60(58)44-24-10-3-11-25-44)68-55-33-19-17-31-51(55)53-39-48(35-37-57(53)68)43-22-8-2-9-23-43/h1-41H. The van der Waals surface area contributed by atoms with Crippen LogP contribution in [0.25, 0.3) is 123 Å². The molecule has 68 heavy (non-hydrogen) atoms. The molecule has 0 unspecified atom stereocenters. The van der Waals surface area contributed by atoms with Gasteiger partial charge in [0.2, 0.25) is 0 Å². The highest BCUT2D eigenvalue weighted by molar-refractivity contribution is 6.13. The minimum absolute atomic E-state index is 0.582. The van der Waals surface area contributed by atoms with E-state index in [0.29, 0.717) is 17.5 Å². The van der Waals surface area contributed by atoms with Gasteiger partial charge in [-0.25, -0.2) is 15.0 Å². The summed E-state index contributed by atoms with van der Waals surface area (Å²) in [5.74, 6) is 1.81. The van der Waals surface area contributed by atoms with Gasteiger partial charge in [0.05, 0.1) is 33.4 Å². The first kappa shape index (κ1) is 39.2. The second-order valence-corrected chi connectivity index (χ2v) is 17.2. The summed E-state index contributed by atoms with van der Waals surface area (Å²) in [7, 11) is 0. The maximum Gasteiger partial charge on any atom is 0.164 e. The third kappa shape index (κ3) is 6.68. The van der Waals surface area contributed by atoms with Crippen molar-refractivity contribution in [2.75, 3.05) is 0 Å². The molecule has 0 aliphatic carbocycles. The fraction of sp³-hybridized carbons (Fsp3) is 0. The van der Waals surface area contributed by atoms with Crippen molar-refractivity contribution in [2.45, 2.75) is 0 Å². The van der Waals surface area contributed by atoms with E-state index in [0.717, 1.165) is 61.3 Å². The second-order valence-electron chi connectivity index (χ2n) is 17.2. The zero-order chi connectivity index (χ0) is 45.0. The van der Waals surface area contributed by atoms with Crippen LogP contribution >= 0.6 is 0 Å². The molecule has 0 aliphatic rings. The highest BCUT2D eigenvalue weighted by atomic mass is 15.1. The Kier molecular flexibility index (Phi) is 9.43. The Hall–Kier alpha value is -9.19. The van der Waals surface area contributed by atoms with E-state index in [4.69, 9.17) is 15.0 Å². The van der Waals surface area contributed by atoms with Gasteiger partial charge >= 0.3 is 0 Å². The second kappa shape index (κ2) is 16.4. The fourth-order valence-corrected chi connectivity index (χ4v) is 10.0. The summed E-state index contributed by atoms with van der Waals surface area (Å²) in [5.41, 5.74) is 16.0. The predicted octanol–water partition coefficient (Wildman–Crippen LogP) is 16.1. The molecule has 3 heterocycles. The molecule has 0 saturated heterocycles. The van der Waals surface area contributed by atoms with Gasteiger partial charge in [0.15, 0.2) is 17.5 Å². The monoisotopic (exact) mass is 867 g/mol. The van der Waals surface area contributed by atoms with Crippen LogP contribution in [0.3, 0.4) is 0 Å². The zero-order valence-electron chi connectivity index (χ0n) is 36.9. The number of rotatable bonds is 8. The van der Waals surface area contributed by atoms with Crippen LogP contribution < -0.4 is 0 Å². The van der Waals surface area contributed by atoms with Crippen LogP contribution in [0.5, 0.6) is 0 Å². The molecule has 3 aromatic heterocycles. The van der Waals surface area contributed by atoms with E-state index in [1.807, 2.05) is 36.4 Å². The van der Waals surface area contributed by atoms with Crippen LogP contribution in [-0.4, -0.2) is 24.1 Å². The molecular formula is C63H41N5. The number of hydrogen-bond acceptors (Lipinski definition) is 3. The molecule has 5 nitrogen and oxygen atoms in total. The van der Waals surface area contributed by atoms with Crippen molar-refractivity contribution in [3.8, 4) is 78.9 Å². The van der Waals surface area contributed by atoms with Crippen molar-refractivity contribution in [1.29, 1.82) is 0 Å². The first-order chi connectivity index (χ1) is 33.7. The molecule has 5 heteroatoms. The molecule has 0 amide bonds. The summed E-state index contributed by atoms with van der Waals surface area (Å²) in [6.07, 6.45) is 0. The van der Waals surface area contributed by atoms with Gasteiger partial charge in [-0.15, -0.1) is 0 Å². The Morgan fingerprint density at radius 2 is 0.544 bits per heavy atom. The molecule has 0 atom stereocenters. The van der Waals surface area contributed by atoms with Crippen LogP contribution in [0.1, 0.15) is 0 Å². The van der Waals surface area contributed by atoms with E-state index < -0.39 is 0 Å². The molecule has 0 bridgehead atoms. The predicted molar refractivity (Wildman–Crippen MR) is 281 cm³/mol. The Morgan fingerprint density at radius 3 is 0.956 bits per heavy atom. The number of nitrogens with zero attached hydrogens (tertiary/aromatic N) is 5. The Bertz CT molecular complexity index is 3750. The average molecular weight is 868 g/mol. The number of fused-ring (bicyclic) bond motifs is 6. The summed E-state index contributed by atoms with van der Waals surface area (Å²) in [6.45, 7) is 0. The Balaban J connectivity index is 1.18. The lowest BCUT2D eigenvalue weighted by Gasteiger charge is -2.22. The summed E-state index contributed by atoms with van der Waals surface area (Å²) in [5, 5.41) is 4.70. The first-order valence-corrected chi connectivity index (χ1v) is 23.0. The van der Waals surface area contributed by atoms with E-state index in [-0.39, 0.29) is 0 Å². The molecule has 10 aromatic carbocycles. The zero-order valence-corrected chi connectivity index (χ0v) is 36.9. The molecule has 0 fully saturated rings. The largest absolute Gasteiger partial charge is 0.309 e. The van der Waals surface area contributed by atoms with Gasteiger partial charge in [0, 0.05) is 43.8 Å². The van der Waals surface area contributed by atoms with E-state index in [1.165, 1.54) is 43.8 Å². The lowest BCUT2D eigenvalue weighted by Crippen LogP contribution is -2.06. The fourth-order valence-electron chi connectivity index (χ4n) is 10.0. The topological polar surface area (TPSA) is 48.5 Å². The average Bonchev–Trinajstić information content (AvgIpc) is 3.93. The van der Waals surface area contributed by atoms with Gasteiger partial charge in [0.1, 0.15) is 0 Å². The molecule has 318 valence electrons. The summed E-state index contributed by atoms with van der Waals surface area (Å²) in [4.78, 5) is 15.8. The molecule has 0 aliphatic heterocycles. The maximum atomic E-state index is 5.35. The SMILES string of the molecule is c1ccc(-c2ccc3c(c2)c2ccccc2n3-c2cc(-c3nc(-c4ccccc4)nc(-c4ccccc4)n3)cc(-n3c4ccccc4c4cc(-c5ccccc5)ccc43)c2-c2ccccc2)cc1. The molecule has 0 radical (unpaired) electrons.